The van der Waals surface area contributed by atoms with Gasteiger partial charge in [0.25, 0.3) is 0 Å². The highest BCUT2D eigenvalue weighted by Gasteiger charge is 2.16. The van der Waals surface area contributed by atoms with Crippen LogP contribution < -0.4 is 4.74 Å². The first-order chi connectivity index (χ1) is 10.6. The molecule has 1 aromatic carbocycles. The molecule has 0 bridgehead atoms. The van der Waals surface area contributed by atoms with E-state index >= 15 is 0 Å². The van der Waals surface area contributed by atoms with Gasteiger partial charge < -0.3 is 9.47 Å². The summed E-state index contributed by atoms with van der Waals surface area (Å²) >= 11 is 0. The van der Waals surface area contributed by atoms with Crippen LogP contribution >= 0.6 is 0 Å². The molecule has 0 aliphatic rings. The van der Waals surface area contributed by atoms with Crippen molar-refractivity contribution in [3.05, 3.63) is 29.8 Å². The van der Waals surface area contributed by atoms with Gasteiger partial charge >= 0.3 is 0 Å². The Morgan fingerprint density at radius 1 is 0.909 bits per heavy atom. The second kappa shape index (κ2) is 10.6. The van der Waals surface area contributed by atoms with E-state index in [0.717, 1.165) is 37.9 Å². The molecular formula is C19H31FO2. The summed E-state index contributed by atoms with van der Waals surface area (Å²) in [5.74, 6) is 0.747. The maximum atomic E-state index is 13.6. The van der Waals surface area contributed by atoms with Gasteiger partial charge in [0.2, 0.25) is 0 Å². The summed E-state index contributed by atoms with van der Waals surface area (Å²) in [6.45, 7) is 8.28. The van der Waals surface area contributed by atoms with Crippen LogP contribution in [0, 0.1) is 0 Å². The number of hydrogen-bond acceptors (Lipinski definition) is 2. The average Bonchev–Trinajstić information content (AvgIpc) is 2.54. The molecule has 0 aromatic heterocycles. The van der Waals surface area contributed by atoms with Crippen LogP contribution in [-0.2, 0) is 4.74 Å². The fraction of sp³-hybridized carbons (Fsp3) is 0.684. The molecule has 0 amide bonds. The number of alkyl halides is 1. The van der Waals surface area contributed by atoms with Crippen molar-refractivity contribution in [2.75, 3.05) is 0 Å². The highest BCUT2D eigenvalue weighted by atomic mass is 19.1. The molecule has 0 saturated heterocycles. The van der Waals surface area contributed by atoms with Gasteiger partial charge in [-0.3, -0.25) is 0 Å². The molecule has 0 fully saturated rings. The van der Waals surface area contributed by atoms with Crippen LogP contribution in [0.4, 0.5) is 4.39 Å². The van der Waals surface area contributed by atoms with Gasteiger partial charge in [0.1, 0.15) is 11.9 Å². The molecule has 0 radical (unpaired) electrons. The molecule has 0 aliphatic heterocycles. The van der Waals surface area contributed by atoms with Gasteiger partial charge in [0.15, 0.2) is 6.29 Å². The summed E-state index contributed by atoms with van der Waals surface area (Å²) in [6.07, 6.45) is 4.66. The van der Waals surface area contributed by atoms with Crippen LogP contribution in [0.2, 0.25) is 0 Å². The van der Waals surface area contributed by atoms with Gasteiger partial charge in [-0.15, -0.1) is 0 Å². The summed E-state index contributed by atoms with van der Waals surface area (Å²) in [5.41, 5.74) is 0.709. The molecule has 22 heavy (non-hydrogen) atoms. The van der Waals surface area contributed by atoms with E-state index < -0.39 is 6.17 Å². The zero-order valence-electron chi connectivity index (χ0n) is 14.5. The first-order valence-electron chi connectivity index (χ1n) is 8.70. The monoisotopic (exact) mass is 310 g/mol. The fourth-order valence-electron chi connectivity index (χ4n) is 2.44. The van der Waals surface area contributed by atoms with E-state index in [1.165, 1.54) is 0 Å². The molecule has 1 aromatic rings. The maximum Gasteiger partial charge on any atom is 0.200 e. The van der Waals surface area contributed by atoms with Gasteiger partial charge in [-0.25, -0.2) is 4.39 Å². The number of hydrogen-bond donors (Lipinski definition) is 0. The summed E-state index contributed by atoms with van der Waals surface area (Å²) in [6, 6.07) is 7.28. The van der Waals surface area contributed by atoms with Crippen LogP contribution in [0.3, 0.4) is 0 Å². The van der Waals surface area contributed by atoms with E-state index in [0.29, 0.717) is 12.0 Å². The van der Waals surface area contributed by atoms with E-state index in [-0.39, 0.29) is 12.4 Å². The Labute approximate surface area is 135 Å². The number of ether oxygens (including phenoxy) is 2. The standard InChI is InChI=1S/C19H31FO2/c1-5-9-16(7-3)21-19(10-6-2)22-17-13-11-15(12-14-17)18(20)8-4/h11-14,16,18-19H,5-10H2,1-4H3. The first kappa shape index (κ1) is 19.0. The van der Waals surface area contributed by atoms with Gasteiger partial charge in [0.05, 0.1) is 6.10 Å². The van der Waals surface area contributed by atoms with Gasteiger partial charge in [0, 0.05) is 6.42 Å². The summed E-state index contributed by atoms with van der Waals surface area (Å²) < 4.78 is 25.7. The van der Waals surface area contributed by atoms with E-state index in [1.54, 1.807) is 12.1 Å². The van der Waals surface area contributed by atoms with Crippen molar-refractivity contribution in [3.8, 4) is 5.75 Å². The Morgan fingerprint density at radius 2 is 1.55 bits per heavy atom. The Balaban J connectivity index is 2.65. The normalized spacial score (nSPS) is 15.3. The zero-order chi connectivity index (χ0) is 16.4. The highest BCUT2D eigenvalue weighted by Crippen LogP contribution is 2.24. The molecule has 2 nitrogen and oxygen atoms in total. The van der Waals surface area contributed by atoms with Crippen LogP contribution in [0.1, 0.15) is 78.0 Å². The zero-order valence-corrected chi connectivity index (χ0v) is 14.5. The van der Waals surface area contributed by atoms with Crippen molar-refractivity contribution < 1.29 is 13.9 Å². The van der Waals surface area contributed by atoms with Crippen molar-refractivity contribution >= 4 is 0 Å². The molecule has 126 valence electrons. The second-order valence-electron chi connectivity index (χ2n) is 5.74. The third kappa shape index (κ3) is 6.35. The predicted octanol–water partition coefficient (Wildman–Crippen LogP) is 6.21. The van der Waals surface area contributed by atoms with Crippen LogP contribution in [0.15, 0.2) is 24.3 Å². The van der Waals surface area contributed by atoms with Crippen molar-refractivity contribution in [2.24, 2.45) is 0 Å². The topological polar surface area (TPSA) is 18.5 Å². The van der Waals surface area contributed by atoms with Crippen LogP contribution in [-0.4, -0.2) is 12.4 Å². The van der Waals surface area contributed by atoms with Gasteiger partial charge in [-0.05, 0) is 37.0 Å². The molecule has 3 unspecified atom stereocenters. The Hall–Kier alpha value is -1.09. The van der Waals surface area contributed by atoms with Crippen molar-refractivity contribution in [1.82, 2.24) is 0 Å². The molecule has 3 heteroatoms. The number of benzene rings is 1. The summed E-state index contributed by atoms with van der Waals surface area (Å²) in [7, 11) is 0. The molecular weight excluding hydrogens is 279 g/mol. The molecule has 0 saturated carbocycles. The molecule has 0 heterocycles. The maximum absolute atomic E-state index is 13.6. The first-order valence-corrected chi connectivity index (χ1v) is 8.70. The van der Waals surface area contributed by atoms with Crippen LogP contribution in [0.5, 0.6) is 5.75 Å². The van der Waals surface area contributed by atoms with Gasteiger partial charge in [-0.2, -0.15) is 0 Å². The van der Waals surface area contributed by atoms with Crippen molar-refractivity contribution in [1.29, 1.82) is 0 Å². The third-order valence-electron chi connectivity index (χ3n) is 3.80. The molecule has 0 spiro atoms. The Bertz CT molecular complexity index is 391. The van der Waals surface area contributed by atoms with E-state index in [4.69, 9.17) is 9.47 Å². The smallest absolute Gasteiger partial charge is 0.200 e. The molecule has 0 aliphatic carbocycles. The average molecular weight is 310 g/mol. The predicted molar refractivity (Wildman–Crippen MR) is 90.0 cm³/mol. The van der Waals surface area contributed by atoms with Crippen molar-refractivity contribution in [2.45, 2.75) is 84.8 Å². The number of halogens is 1. The fourth-order valence-corrected chi connectivity index (χ4v) is 2.44. The van der Waals surface area contributed by atoms with Gasteiger partial charge in [-0.1, -0.05) is 52.7 Å². The van der Waals surface area contributed by atoms with E-state index in [1.807, 2.05) is 19.1 Å². The summed E-state index contributed by atoms with van der Waals surface area (Å²) in [4.78, 5) is 0. The largest absolute Gasteiger partial charge is 0.465 e. The minimum Gasteiger partial charge on any atom is -0.465 e. The van der Waals surface area contributed by atoms with E-state index in [9.17, 15) is 4.39 Å². The molecule has 1 rings (SSSR count). The third-order valence-corrected chi connectivity index (χ3v) is 3.80. The molecule has 3 atom stereocenters. The minimum atomic E-state index is -0.897. The highest BCUT2D eigenvalue weighted by molar-refractivity contribution is 5.28. The van der Waals surface area contributed by atoms with Crippen LogP contribution in [0.25, 0.3) is 0 Å². The lowest BCUT2D eigenvalue weighted by molar-refractivity contribution is -0.125. The number of rotatable bonds is 11. The Kier molecular flexibility index (Phi) is 9.14. The lowest BCUT2D eigenvalue weighted by Crippen LogP contribution is -2.26. The quantitative estimate of drug-likeness (QED) is 0.452. The SMILES string of the molecule is CCCC(CC)OC(CCC)Oc1ccc(C(F)CC)cc1. The Morgan fingerprint density at radius 3 is 2.05 bits per heavy atom. The molecule has 0 N–H and O–H groups in total. The van der Waals surface area contributed by atoms with E-state index in [2.05, 4.69) is 20.8 Å². The second-order valence-corrected chi connectivity index (χ2v) is 5.74. The lowest BCUT2D eigenvalue weighted by Gasteiger charge is -2.24. The minimum absolute atomic E-state index is 0.223. The lowest BCUT2D eigenvalue weighted by atomic mass is 10.1. The van der Waals surface area contributed by atoms with Crippen molar-refractivity contribution in [3.63, 3.8) is 0 Å². The summed E-state index contributed by atoms with van der Waals surface area (Å²) in [5, 5.41) is 0.